The van der Waals surface area contributed by atoms with Crippen LogP contribution in [0.2, 0.25) is 5.02 Å². The number of rotatable bonds is 6. The zero-order chi connectivity index (χ0) is 18.6. The molecule has 0 spiro atoms. The molecule has 0 radical (unpaired) electrons. The van der Waals surface area contributed by atoms with Gasteiger partial charge in [-0.15, -0.1) is 0 Å². The van der Waals surface area contributed by atoms with Crippen molar-refractivity contribution in [2.24, 2.45) is 0 Å². The van der Waals surface area contributed by atoms with Crippen LogP contribution in [0.15, 0.2) is 42.5 Å². The molecule has 0 saturated heterocycles. The van der Waals surface area contributed by atoms with Gasteiger partial charge in [0.15, 0.2) is 0 Å². The van der Waals surface area contributed by atoms with Gasteiger partial charge in [0.25, 0.3) is 5.91 Å². The molecule has 8 heteroatoms. The number of sulfonamides is 1. The summed E-state index contributed by atoms with van der Waals surface area (Å²) in [6, 6.07) is 11.3. The van der Waals surface area contributed by atoms with Crippen molar-refractivity contribution in [2.75, 3.05) is 16.3 Å². The van der Waals surface area contributed by atoms with E-state index in [2.05, 4.69) is 10.0 Å². The maximum absolute atomic E-state index is 12.3. The van der Waals surface area contributed by atoms with Crippen LogP contribution in [0, 0.1) is 0 Å². The highest BCUT2D eigenvalue weighted by Gasteiger charge is 2.12. The summed E-state index contributed by atoms with van der Waals surface area (Å²) >= 11 is 6.09. The fraction of sp³-hybridized carbons (Fsp3) is 0.235. The number of nitrogens with one attached hydrogen (secondary N) is 2. The van der Waals surface area contributed by atoms with Crippen LogP contribution >= 0.6 is 11.6 Å². The van der Waals surface area contributed by atoms with Gasteiger partial charge in [-0.25, -0.2) is 8.42 Å². The summed E-state index contributed by atoms with van der Waals surface area (Å²) in [6.45, 7) is 3.86. The number of anilines is 2. The molecule has 0 saturated carbocycles. The Morgan fingerprint density at radius 1 is 1.08 bits per heavy atom. The minimum absolute atomic E-state index is 0.0679. The first kappa shape index (κ1) is 19.1. The van der Waals surface area contributed by atoms with Crippen LogP contribution in [0.3, 0.4) is 0 Å². The van der Waals surface area contributed by atoms with Crippen molar-refractivity contribution in [3.05, 3.63) is 53.1 Å². The van der Waals surface area contributed by atoms with Gasteiger partial charge in [0.05, 0.1) is 22.9 Å². The Bertz CT molecular complexity index is 865. The summed E-state index contributed by atoms with van der Waals surface area (Å²) in [5.41, 5.74) is 1.12. The Morgan fingerprint density at radius 2 is 1.68 bits per heavy atom. The zero-order valence-corrected chi connectivity index (χ0v) is 15.6. The number of hydrogen-bond donors (Lipinski definition) is 2. The lowest BCUT2D eigenvalue weighted by Crippen LogP contribution is -2.14. The summed E-state index contributed by atoms with van der Waals surface area (Å²) in [4.78, 5) is 12.3. The molecule has 0 aliphatic rings. The third-order valence-electron chi connectivity index (χ3n) is 3.00. The molecule has 0 aliphatic heterocycles. The first-order chi connectivity index (χ1) is 11.6. The van der Waals surface area contributed by atoms with Crippen LogP contribution in [0.5, 0.6) is 5.75 Å². The van der Waals surface area contributed by atoms with Gasteiger partial charge < -0.3 is 10.1 Å². The maximum Gasteiger partial charge on any atom is 0.257 e. The summed E-state index contributed by atoms with van der Waals surface area (Å²) in [6.07, 6.45) is 1.10. The third-order valence-corrected chi connectivity index (χ3v) is 3.92. The monoisotopic (exact) mass is 382 g/mol. The molecule has 134 valence electrons. The Hall–Kier alpha value is -2.25. The van der Waals surface area contributed by atoms with Crippen molar-refractivity contribution in [3.8, 4) is 5.75 Å². The first-order valence-corrected chi connectivity index (χ1v) is 9.76. The van der Waals surface area contributed by atoms with Crippen molar-refractivity contribution in [1.29, 1.82) is 0 Å². The third kappa shape index (κ3) is 5.95. The predicted molar refractivity (Wildman–Crippen MR) is 100 cm³/mol. The van der Waals surface area contributed by atoms with Gasteiger partial charge >= 0.3 is 0 Å². The van der Waals surface area contributed by atoms with Crippen LogP contribution in [0.1, 0.15) is 24.2 Å². The highest BCUT2D eigenvalue weighted by atomic mass is 35.5. The number of amides is 1. The Balaban J connectivity index is 2.10. The first-order valence-electron chi connectivity index (χ1n) is 7.49. The van der Waals surface area contributed by atoms with Gasteiger partial charge in [-0.1, -0.05) is 11.6 Å². The molecule has 25 heavy (non-hydrogen) atoms. The van der Waals surface area contributed by atoms with Crippen molar-refractivity contribution >= 4 is 38.9 Å². The van der Waals surface area contributed by atoms with Crippen LogP contribution in [0.25, 0.3) is 0 Å². The molecule has 2 aromatic carbocycles. The quantitative estimate of drug-likeness (QED) is 0.796. The number of carbonyl (C=O) groups is 1. The lowest BCUT2D eigenvalue weighted by atomic mass is 10.2. The van der Waals surface area contributed by atoms with Crippen molar-refractivity contribution < 1.29 is 17.9 Å². The zero-order valence-electron chi connectivity index (χ0n) is 14.0. The van der Waals surface area contributed by atoms with E-state index in [1.165, 1.54) is 18.2 Å². The summed E-state index contributed by atoms with van der Waals surface area (Å²) < 4.78 is 30.3. The minimum atomic E-state index is -3.41. The molecular weight excluding hydrogens is 364 g/mol. The van der Waals surface area contributed by atoms with Gasteiger partial charge in [0.2, 0.25) is 10.0 Å². The largest absolute Gasteiger partial charge is 0.491 e. The minimum Gasteiger partial charge on any atom is -0.491 e. The van der Waals surface area contributed by atoms with E-state index >= 15 is 0 Å². The smallest absolute Gasteiger partial charge is 0.257 e. The predicted octanol–water partition coefficient (Wildman–Crippen LogP) is 3.75. The molecule has 2 N–H and O–H groups in total. The van der Waals surface area contributed by atoms with E-state index < -0.39 is 15.9 Å². The average molecular weight is 383 g/mol. The van der Waals surface area contributed by atoms with E-state index in [1.807, 2.05) is 13.8 Å². The second-order valence-corrected chi connectivity index (χ2v) is 7.87. The molecule has 0 fully saturated rings. The van der Waals surface area contributed by atoms with Gasteiger partial charge in [-0.2, -0.15) is 0 Å². The van der Waals surface area contributed by atoms with E-state index in [0.717, 1.165) is 6.26 Å². The molecule has 0 heterocycles. The number of ether oxygens (including phenoxy) is 1. The van der Waals surface area contributed by atoms with Gasteiger partial charge in [-0.05, 0) is 56.3 Å². The molecule has 0 aromatic heterocycles. The van der Waals surface area contributed by atoms with Crippen molar-refractivity contribution in [2.45, 2.75) is 20.0 Å². The van der Waals surface area contributed by atoms with E-state index in [-0.39, 0.29) is 16.7 Å². The Morgan fingerprint density at radius 3 is 2.20 bits per heavy atom. The van der Waals surface area contributed by atoms with Gasteiger partial charge in [-0.3, -0.25) is 9.52 Å². The SMILES string of the molecule is CC(C)Oc1ccc(NC(=O)c2ccc(NS(C)(=O)=O)cc2Cl)cc1. The number of hydrogen-bond acceptors (Lipinski definition) is 4. The van der Waals surface area contributed by atoms with E-state index in [0.29, 0.717) is 17.1 Å². The van der Waals surface area contributed by atoms with Crippen LogP contribution in [-0.4, -0.2) is 26.7 Å². The lowest BCUT2D eigenvalue weighted by molar-refractivity contribution is 0.102. The molecule has 1 amide bonds. The molecule has 0 bridgehead atoms. The van der Waals surface area contributed by atoms with Gasteiger partial charge in [0, 0.05) is 11.4 Å². The lowest BCUT2D eigenvalue weighted by Gasteiger charge is -2.11. The number of carbonyl (C=O) groups excluding carboxylic acids is 1. The fourth-order valence-electron chi connectivity index (χ4n) is 2.06. The second-order valence-electron chi connectivity index (χ2n) is 5.71. The molecule has 0 aliphatic carbocycles. The number of halogens is 1. The normalized spacial score (nSPS) is 11.2. The highest BCUT2D eigenvalue weighted by molar-refractivity contribution is 7.92. The second kappa shape index (κ2) is 7.76. The molecule has 0 atom stereocenters. The summed E-state index contributed by atoms with van der Waals surface area (Å²) in [5, 5.41) is 2.87. The summed E-state index contributed by atoms with van der Waals surface area (Å²) in [5.74, 6) is 0.315. The standard InChI is InChI=1S/C17H19ClN2O4S/c1-11(2)24-14-7-4-12(5-8-14)19-17(21)15-9-6-13(10-16(15)18)20-25(3,22)23/h4-11,20H,1-3H3,(H,19,21). The Kier molecular flexibility index (Phi) is 5.92. The summed E-state index contributed by atoms with van der Waals surface area (Å²) in [7, 11) is -3.41. The molecule has 6 nitrogen and oxygen atoms in total. The number of benzene rings is 2. The highest BCUT2D eigenvalue weighted by Crippen LogP contribution is 2.23. The average Bonchev–Trinajstić information content (AvgIpc) is 2.47. The van der Waals surface area contributed by atoms with Crippen LogP contribution in [0.4, 0.5) is 11.4 Å². The topological polar surface area (TPSA) is 84.5 Å². The van der Waals surface area contributed by atoms with E-state index in [4.69, 9.17) is 16.3 Å². The maximum atomic E-state index is 12.3. The van der Waals surface area contributed by atoms with Crippen molar-refractivity contribution in [1.82, 2.24) is 0 Å². The molecule has 0 unspecified atom stereocenters. The Labute approximate surface area is 152 Å². The molecule has 2 aromatic rings. The van der Waals surface area contributed by atoms with E-state index in [1.54, 1.807) is 24.3 Å². The molecular formula is C17H19ClN2O4S. The van der Waals surface area contributed by atoms with Gasteiger partial charge in [0.1, 0.15) is 5.75 Å². The van der Waals surface area contributed by atoms with Crippen LogP contribution in [-0.2, 0) is 10.0 Å². The fourth-order valence-corrected chi connectivity index (χ4v) is 2.89. The van der Waals surface area contributed by atoms with Crippen LogP contribution < -0.4 is 14.8 Å². The molecule has 2 rings (SSSR count). The van der Waals surface area contributed by atoms with E-state index in [9.17, 15) is 13.2 Å². The van der Waals surface area contributed by atoms with Crippen molar-refractivity contribution in [3.63, 3.8) is 0 Å².